The highest BCUT2D eigenvalue weighted by atomic mass is 19.1. The molecule has 160 valence electrons. The molecule has 0 aromatic heterocycles. The zero-order chi connectivity index (χ0) is 22.1. The average molecular weight is 422 g/mol. The van der Waals surface area contributed by atoms with Crippen molar-refractivity contribution in [3.05, 3.63) is 83.2 Å². The molecule has 0 saturated heterocycles. The molecule has 0 saturated carbocycles. The van der Waals surface area contributed by atoms with Crippen molar-refractivity contribution in [2.45, 2.75) is 32.0 Å². The van der Waals surface area contributed by atoms with Gasteiger partial charge in [-0.1, -0.05) is 36.4 Å². The number of fused-ring (bicyclic) bond motifs is 1. The molecule has 0 bridgehead atoms. The van der Waals surface area contributed by atoms with Crippen molar-refractivity contribution in [3.63, 3.8) is 0 Å². The lowest BCUT2D eigenvalue weighted by atomic mass is 9.92. The van der Waals surface area contributed by atoms with Gasteiger partial charge in [-0.15, -0.1) is 0 Å². The van der Waals surface area contributed by atoms with E-state index in [0.29, 0.717) is 22.4 Å². The fourth-order valence-corrected chi connectivity index (χ4v) is 3.84. The Morgan fingerprint density at radius 3 is 2.55 bits per heavy atom. The number of aliphatic carboxylic acids is 1. The minimum Gasteiger partial charge on any atom is -0.508 e. The van der Waals surface area contributed by atoms with E-state index in [1.54, 1.807) is 24.3 Å². The largest absolute Gasteiger partial charge is 0.508 e. The first kappa shape index (κ1) is 20.9. The van der Waals surface area contributed by atoms with Gasteiger partial charge < -0.3 is 20.1 Å². The molecule has 0 amide bonds. The molecule has 3 aromatic rings. The Hall–Kier alpha value is -3.38. The van der Waals surface area contributed by atoms with Gasteiger partial charge in [0, 0.05) is 5.56 Å². The predicted molar refractivity (Wildman–Crippen MR) is 113 cm³/mol. The van der Waals surface area contributed by atoms with Crippen LogP contribution >= 0.6 is 0 Å². The third-order valence-electron chi connectivity index (χ3n) is 5.78. The second-order valence-electron chi connectivity index (χ2n) is 7.87. The van der Waals surface area contributed by atoms with Crippen LogP contribution in [0.15, 0.2) is 60.7 Å². The standard InChI is InChI=1S/C25H23FO5/c1-14(25(29)30)24(28)18-7-6-17-8-11-22(31-23(17)12-18)16-4-2-15(3-5-16)20-13-19(27)9-10-21(20)26/h2-7,9-10,12-14,22,24,27-28H,8,11H2,1H3,(H,29,30)/t14-,22?,24+/m0/s1. The molecule has 1 aliphatic rings. The van der Waals surface area contributed by atoms with Crippen LogP contribution in [0.1, 0.15) is 42.2 Å². The maximum atomic E-state index is 14.1. The molecule has 0 spiro atoms. The third-order valence-corrected chi connectivity index (χ3v) is 5.78. The summed E-state index contributed by atoms with van der Waals surface area (Å²) in [6.45, 7) is 1.47. The Morgan fingerprint density at radius 2 is 1.84 bits per heavy atom. The van der Waals surface area contributed by atoms with Gasteiger partial charge in [-0.05, 0) is 66.3 Å². The van der Waals surface area contributed by atoms with Crippen molar-refractivity contribution in [3.8, 4) is 22.6 Å². The molecule has 1 heterocycles. The van der Waals surface area contributed by atoms with E-state index >= 15 is 0 Å². The normalized spacial score (nSPS) is 17.3. The number of aryl methyl sites for hydroxylation is 1. The second-order valence-corrected chi connectivity index (χ2v) is 7.87. The van der Waals surface area contributed by atoms with Crippen LogP contribution in [0.2, 0.25) is 0 Å². The molecule has 0 radical (unpaired) electrons. The Bertz CT molecular complexity index is 1110. The molecule has 0 fully saturated rings. The number of carboxylic acids is 1. The van der Waals surface area contributed by atoms with Crippen molar-refractivity contribution >= 4 is 5.97 Å². The van der Waals surface area contributed by atoms with Gasteiger partial charge in [0.15, 0.2) is 0 Å². The fraction of sp³-hybridized carbons (Fsp3) is 0.240. The van der Waals surface area contributed by atoms with Gasteiger partial charge in [-0.25, -0.2) is 4.39 Å². The van der Waals surface area contributed by atoms with Gasteiger partial charge in [-0.3, -0.25) is 4.79 Å². The van der Waals surface area contributed by atoms with E-state index in [2.05, 4.69) is 0 Å². The summed E-state index contributed by atoms with van der Waals surface area (Å²) in [6, 6.07) is 16.6. The molecule has 31 heavy (non-hydrogen) atoms. The molecule has 1 aliphatic heterocycles. The number of carbonyl (C=O) groups is 1. The van der Waals surface area contributed by atoms with Crippen LogP contribution < -0.4 is 4.74 Å². The summed E-state index contributed by atoms with van der Waals surface area (Å²) in [6.07, 6.45) is 0.219. The van der Waals surface area contributed by atoms with Crippen LogP contribution in [0.25, 0.3) is 11.1 Å². The van der Waals surface area contributed by atoms with E-state index < -0.39 is 23.8 Å². The lowest BCUT2D eigenvalue weighted by Gasteiger charge is -2.28. The number of hydrogen-bond donors (Lipinski definition) is 3. The zero-order valence-electron chi connectivity index (χ0n) is 17.0. The van der Waals surface area contributed by atoms with Crippen molar-refractivity contribution < 1.29 is 29.2 Å². The summed E-state index contributed by atoms with van der Waals surface area (Å²) in [5.74, 6) is -1.76. The number of aromatic hydroxyl groups is 1. The molecule has 1 unspecified atom stereocenters. The monoisotopic (exact) mass is 422 g/mol. The minimum atomic E-state index is -1.12. The molecule has 3 aromatic carbocycles. The Morgan fingerprint density at radius 1 is 1.10 bits per heavy atom. The van der Waals surface area contributed by atoms with Crippen molar-refractivity contribution in [2.75, 3.05) is 0 Å². The quantitative estimate of drug-likeness (QED) is 0.538. The molecule has 4 rings (SSSR count). The maximum absolute atomic E-state index is 14.1. The molecule has 6 heteroatoms. The highest BCUT2D eigenvalue weighted by molar-refractivity contribution is 5.70. The summed E-state index contributed by atoms with van der Waals surface area (Å²) in [7, 11) is 0. The molecule has 3 atom stereocenters. The topological polar surface area (TPSA) is 87.0 Å². The number of hydrogen-bond acceptors (Lipinski definition) is 4. The maximum Gasteiger partial charge on any atom is 0.309 e. The number of carboxylic acid groups (broad SMARTS) is 1. The SMILES string of the molecule is C[C@H](C(=O)O)[C@@H](O)c1ccc2c(c1)OC(c1ccc(-c3cc(O)ccc3F)cc1)CC2. The van der Waals surface area contributed by atoms with Crippen molar-refractivity contribution in [2.24, 2.45) is 5.92 Å². The van der Waals surface area contributed by atoms with Crippen LogP contribution in [0.5, 0.6) is 11.5 Å². The molecule has 0 aliphatic carbocycles. The number of halogens is 1. The lowest BCUT2D eigenvalue weighted by molar-refractivity contribution is -0.145. The number of aliphatic hydroxyl groups is 1. The van der Waals surface area contributed by atoms with Gasteiger partial charge in [0.1, 0.15) is 23.4 Å². The van der Waals surface area contributed by atoms with E-state index in [1.807, 2.05) is 18.2 Å². The Balaban J connectivity index is 1.55. The van der Waals surface area contributed by atoms with Gasteiger partial charge in [0.25, 0.3) is 0 Å². The van der Waals surface area contributed by atoms with Crippen LogP contribution in [0, 0.1) is 11.7 Å². The first-order chi connectivity index (χ1) is 14.8. The van der Waals surface area contributed by atoms with Gasteiger partial charge in [-0.2, -0.15) is 0 Å². The molecule has 3 N–H and O–H groups in total. The highest BCUT2D eigenvalue weighted by Gasteiger charge is 2.26. The van der Waals surface area contributed by atoms with E-state index in [1.165, 1.54) is 25.1 Å². The average Bonchev–Trinajstić information content (AvgIpc) is 2.79. The Labute approximate surface area is 179 Å². The molecular weight excluding hydrogens is 399 g/mol. The number of benzene rings is 3. The number of phenolic OH excluding ortho intramolecular Hbond substituents is 1. The zero-order valence-corrected chi connectivity index (χ0v) is 17.0. The summed E-state index contributed by atoms with van der Waals surface area (Å²) in [5, 5.41) is 29.1. The summed E-state index contributed by atoms with van der Waals surface area (Å²) in [5.41, 5.74) is 3.42. The summed E-state index contributed by atoms with van der Waals surface area (Å²) in [4.78, 5) is 11.2. The van der Waals surface area contributed by atoms with Crippen LogP contribution in [-0.2, 0) is 11.2 Å². The fourth-order valence-electron chi connectivity index (χ4n) is 3.84. The van der Waals surface area contributed by atoms with Crippen molar-refractivity contribution in [1.82, 2.24) is 0 Å². The number of rotatable bonds is 5. The van der Waals surface area contributed by atoms with Crippen LogP contribution in [0.3, 0.4) is 0 Å². The van der Waals surface area contributed by atoms with E-state index in [4.69, 9.17) is 9.84 Å². The first-order valence-corrected chi connectivity index (χ1v) is 10.1. The highest BCUT2D eigenvalue weighted by Crippen LogP contribution is 2.38. The number of ether oxygens (including phenoxy) is 1. The van der Waals surface area contributed by atoms with E-state index in [9.17, 15) is 19.4 Å². The van der Waals surface area contributed by atoms with E-state index in [0.717, 1.165) is 24.0 Å². The number of phenols is 1. The van der Waals surface area contributed by atoms with Gasteiger partial charge in [0.05, 0.1) is 12.0 Å². The minimum absolute atomic E-state index is 0.00269. The Kier molecular flexibility index (Phi) is 5.65. The van der Waals surface area contributed by atoms with Crippen molar-refractivity contribution in [1.29, 1.82) is 0 Å². The third kappa shape index (κ3) is 4.25. The van der Waals surface area contributed by atoms with Gasteiger partial charge >= 0.3 is 5.97 Å². The second kappa shape index (κ2) is 8.40. The molecular formula is C25H23FO5. The van der Waals surface area contributed by atoms with Gasteiger partial charge in [0.2, 0.25) is 0 Å². The van der Waals surface area contributed by atoms with Crippen LogP contribution in [0.4, 0.5) is 4.39 Å². The predicted octanol–water partition coefficient (Wildman–Crippen LogP) is 5.02. The molecule has 5 nitrogen and oxygen atoms in total. The summed E-state index contributed by atoms with van der Waals surface area (Å²) >= 11 is 0. The van der Waals surface area contributed by atoms with E-state index in [-0.39, 0.29) is 11.9 Å². The van der Waals surface area contributed by atoms with Crippen LogP contribution in [-0.4, -0.2) is 21.3 Å². The smallest absolute Gasteiger partial charge is 0.309 e. The lowest BCUT2D eigenvalue weighted by Crippen LogP contribution is -2.20. The summed E-state index contributed by atoms with van der Waals surface area (Å²) < 4.78 is 20.3. The number of aliphatic hydroxyl groups excluding tert-OH is 1. The first-order valence-electron chi connectivity index (χ1n) is 10.1.